The summed E-state index contributed by atoms with van der Waals surface area (Å²) in [4.78, 5) is 0. The first-order valence-electron chi connectivity index (χ1n) is 4.01. The molecule has 0 heterocycles. The molecular weight excluding hydrogens is 308 g/mol. The third-order valence-corrected chi connectivity index (χ3v) is 3.88. The zero-order chi connectivity index (χ0) is 10.1. The summed E-state index contributed by atoms with van der Waals surface area (Å²) in [6.45, 7) is 0. The van der Waals surface area contributed by atoms with E-state index in [9.17, 15) is 0 Å². The maximum absolute atomic E-state index is 8.89. The van der Waals surface area contributed by atoms with E-state index in [0.29, 0.717) is 10.6 Å². The molecule has 0 fully saturated rings. The molecule has 0 saturated carbocycles. The summed E-state index contributed by atoms with van der Waals surface area (Å²) in [5.74, 6) is 0. The molecule has 0 aliphatic rings. The molecule has 0 radical (unpaired) electrons. The van der Waals surface area contributed by atoms with Gasteiger partial charge in [0.15, 0.2) is 0 Å². The van der Waals surface area contributed by atoms with Crippen LogP contribution in [-0.2, 0) is 0 Å². The zero-order valence-corrected chi connectivity index (χ0v) is 10.0. The molecule has 0 amide bonds. The van der Waals surface area contributed by atoms with Gasteiger partial charge in [0, 0.05) is 5.39 Å². The molecule has 0 aliphatic heterocycles. The average Bonchev–Trinajstić information content (AvgIpc) is 2.23. The molecule has 0 bridgehead atoms. The molecule has 2 aromatic rings. The first-order valence-corrected chi connectivity index (χ1v) is 5.46. The lowest BCUT2D eigenvalue weighted by Crippen LogP contribution is -1.85. The highest BCUT2D eigenvalue weighted by atomic mass is 127. The molecule has 0 spiro atoms. The van der Waals surface area contributed by atoms with Gasteiger partial charge in [0.2, 0.25) is 0 Å². The van der Waals surface area contributed by atoms with Crippen LogP contribution in [0.2, 0.25) is 5.02 Å². The van der Waals surface area contributed by atoms with Crippen molar-refractivity contribution in [2.45, 2.75) is 0 Å². The third-order valence-electron chi connectivity index (χ3n) is 2.05. The van der Waals surface area contributed by atoms with Gasteiger partial charge in [-0.3, -0.25) is 0 Å². The Morgan fingerprint density at radius 3 is 2.71 bits per heavy atom. The molecule has 3 heteroatoms. The largest absolute Gasteiger partial charge is 0.192 e. The van der Waals surface area contributed by atoms with Crippen molar-refractivity contribution < 1.29 is 0 Å². The maximum Gasteiger partial charge on any atom is 0.100 e. The van der Waals surface area contributed by atoms with Crippen molar-refractivity contribution in [1.29, 1.82) is 5.26 Å². The topological polar surface area (TPSA) is 23.8 Å². The summed E-state index contributed by atoms with van der Waals surface area (Å²) in [7, 11) is 0. The van der Waals surface area contributed by atoms with Gasteiger partial charge in [-0.1, -0.05) is 35.9 Å². The second-order valence-electron chi connectivity index (χ2n) is 2.89. The van der Waals surface area contributed by atoms with Gasteiger partial charge in [0.05, 0.1) is 14.2 Å². The Morgan fingerprint density at radius 1 is 1.29 bits per heavy atom. The van der Waals surface area contributed by atoms with Gasteiger partial charge in [0.1, 0.15) is 6.07 Å². The van der Waals surface area contributed by atoms with Crippen molar-refractivity contribution >= 4 is 45.0 Å². The number of fused-ring (bicyclic) bond motifs is 1. The molecule has 1 nitrogen and oxygen atoms in total. The predicted molar refractivity (Wildman–Crippen MR) is 66.4 cm³/mol. The summed E-state index contributed by atoms with van der Waals surface area (Å²) in [5.41, 5.74) is 0.634. The van der Waals surface area contributed by atoms with Crippen LogP contribution in [0.25, 0.3) is 10.8 Å². The lowest BCUT2D eigenvalue weighted by atomic mass is 10.1. The van der Waals surface area contributed by atoms with Crippen molar-refractivity contribution in [3.63, 3.8) is 0 Å². The van der Waals surface area contributed by atoms with Crippen LogP contribution >= 0.6 is 34.2 Å². The van der Waals surface area contributed by atoms with E-state index >= 15 is 0 Å². The molecule has 0 unspecified atom stereocenters. The Balaban J connectivity index is 2.94. The number of halogens is 2. The summed E-state index contributed by atoms with van der Waals surface area (Å²) in [6, 6.07) is 11.8. The molecular formula is C11H5ClIN. The third kappa shape index (κ3) is 1.47. The van der Waals surface area contributed by atoms with Gasteiger partial charge in [-0.15, -0.1) is 0 Å². The van der Waals surface area contributed by atoms with E-state index in [0.717, 1.165) is 14.3 Å². The Labute approximate surface area is 100 Å². The van der Waals surface area contributed by atoms with Crippen LogP contribution in [0.3, 0.4) is 0 Å². The lowest BCUT2D eigenvalue weighted by molar-refractivity contribution is 1.48. The highest BCUT2D eigenvalue weighted by Crippen LogP contribution is 2.30. The van der Waals surface area contributed by atoms with E-state index in [1.165, 1.54) is 0 Å². The maximum atomic E-state index is 8.89. The van der Waals surface area contributed by atoms with Crippen LogP contribution in [0.5, 0.6) is 0 Å². The van der Waals surface area contributed by atoms with E-state index in [2.05, 4.69) is 28.7 Å². The van der Waals surface area contributed by atoms with Crippen molar-refractivity contribution in [3.8, 4) is 6.07 Å². The molecule has 0 N–H and O–H groups in total. The van der Waals surface area contributed by atoms with E-state index in [1.807, 2.05) is 30.3 Å². The minimum Gasteiger partial charge on any atom is -0.192 e. The van der Waals surface area contributed by atoms with Crippen LogP contribution in [-0.4, -0.2) is 0 Å². The van der Waals surface area contributed by atoms with Crippen molar-refractivity contribution in [3.05, 3.63) is 44.5 Å². The minimum absolute atomic E-state index is 0.634. The number of hydrogen-bond acceptors (Lipinski definition) is 1. The van der Waals surface area contributed by atoms with Crippen LogP contribution in [0.15, 0.2) is 30.3 Å². The Hall–Kier alpha value is -0.790. The van der Waals surface area contributed by atoms with E-state index in [-0.39, 0.29) is 0 Å². The predicted octanol–water partition coefficient (Wildman–Crippen LogP) is 3.97. The number of hydrogen-bond donors (Lipinski definition) is 0. The van der Waals surface area contributed by atoms with Gasteiger partial charge in [-0.25, -0.2) is 0 Å². The normalized spacial score (nSPS) is 10.1. The molecule has 0 aromatic heterocycles. The fraction of sp³-hybridized carbons (Fsp3) is 0. The standard InChI is InChI=1S/C11H5ClIN/c12-10-9-4-2-1-3-7(9)5-8(6-14)11(10)13/h1-5H. The highest BCUT2D eigenvalue weighted by Gasteiger charge is 2.08. The Morgan fingerprint density at radius 2 is 2.00 bits per heavy atom. The fourth-order valence-electron chi connectivity index (χ4n) is 1.36. The Kier molecular flexibility index (Phi) is 2.62. The molecule has 14 heavy (non-hydrogen) atoms. The number of nitrogens with zero attached hydrogens (tertiary/aromatic N) is 1. The van der Waals surface area contributed by atoms with Gasteiger partial charge in [0.25, 0.3) is 0 Å². The quantitative estimate of drug-likeness (QED) is 0.675. The molecule has 0 saturated heterocycles. The van der Waals surface area contributed by atoms with Crippen molar-refractivity contribution in [2.75, 3.05) is 0 Å². The smallest absolute Gasteiger partial charge is 0.100 e. The van der Waals surface area contributed by atoms with Crippen LogP contribution in [0.4, 0.5) is 0 Å². The van der Waals surface area contributed by atoms with Crippen LogP contribution in [0, 0.1) is 14.9 Å². The van der Waals surface area contributed by atoms with Crippen LogP contribution in [0.1, 0.15) is 5.56 Å². The SMILES string of the molecule is N#Cc1cc2ccccc2c(Cl)c1I. The second kappa shape index (κ2) is 3.76. The highest BCUT2D eigenvalue weighted by molar-refractivity contribution is 14.1. The molecule has 0 aliphatic carbocycles. The number of nitriles is 1. The number of benzene rings is 2. The van der Waals surface area contributed by atoms with E-state index in [1.54, 1.807) is 0 Å². The summed E-state index contributed by atoms with van der Waals surface area (Å²) >= 11 is 8.25. The number of rotatable bonds is 0. The molecule has 68 valence electrons. The van der Waals surface area contributed by atoms with Crippen molar-refractivity contribution in [2.24, 2.45) is 0 Å². The molecule has 2 rings (SSSR count). The van der Waals surface area contributed by atoms with E-state index < -0.39 is 0 Å². The zero-order valence-electron chi connectivity index (χ0n) is 7.09. The van der Waals surface area contributed by atoms with Crippen LogP contribution < -0.4 is 0 Å². The lowest BCUT2D eigenvalue weighted by Gasteiger charge is -2.04. The monoisotopic (exact) mass is 313 g/mol. The minimum atomic E-state index is 0.634. The van der Waals surface area contributed by atoms with Gasteiger partial charge >= 0.3 is 0 Å². The van der Waals surface area contributed by atoms with Gasteiger partial charge in [-0.05, 0) is 34.0 Å². The summed E-state index contributed by atoms with van der Waals surface area (Å²) in [6.07, 6.45) is 0. The summed E-state index contributed by atoms with van der Waals surface area (Å²) in [5, 5.41) is 11.6. The first kappa shape index (κ1) is 9.75. The van der Waals surface area contributed by atoms with E-state index in [4.69, 9.17) is 16.9 Å². The molecule has 2 aromatic carbocycles. The molecule has 0 atom stereocenters. The first-order chi connectivity index (χ1) is 6.74. The van der Waals surface area contributed by atoms with Gasteiger partial charge in [-0.2, -0.15) is 5.26 Å². The van der Waals surface area contributed by atoms with Gasteiger partial charge < -0.3 is 0 Å². The van der Waals surface area contributed by atoms with Crippen molar-refractivity contribution in [1.82, 2.24) is 0 Å². The summed E-state index contributed by atoms with van der Waals surface area (Å²) < 4.78 is 0.825. The Bertz CT molecular complexity index is 543. The average molecular weight is 314 g/mol. The second-order valence-corrected chi connectivity index (χ2v) is 4.34. The fourth-order valence-corrected chi connectivity index (χ4v) is 2.20.